The van der Waals surface area contributed by atoms with Crippen LogP contribution in [0.2, 0.25) is 0 Å². The van der Waals surface area contributed by atoms with Crippen molar-refractivity contribution in [3.63, 3.8) is 0 Å². The molecule has 0 bridgehead atoms. The molecule has 0 amide bonds. The summed E-state index contributed by atoms with van der Waals surface area (Å²) in [6.45, 7) is 0. The lowest BCUT2D eigenvalue weighted by atomic mass is 10.6. The van der Waals surface area contributed by atoms with Gasteiger partial charge in [-0.15, -0.1) is 5.10 Å². The van der Waals surface area contributed by atoms with Gasteiger partial charge in [0.1, 0.15) is 0 Å². The number of aliphatic hydroxyl groups excluding tert-OH is 1. The van der Waals surface area contributed by atoms with Gasteiger partial charge in [-0.25, -0.2) is 9.89 Å². The molecular formula is C5H7N5O2. The summed E-state index contributed by atoms with van der Waals surface area (Å²) in [5.74, 6) is 0.732. The van der Waals surface area contributed by atoms with Crippen LogP contribution in [0.4, 0.5) is 11.6 Å². The van der Waals surface area contributed by atoms with E-state index in [1.165, 1.54) is 4.90 Å². The minimum absolute atomic E-state index is 0.353. The smallest absolute Gasteiger partial charge is 0.356 e. The van der Waals surface area contributed by atoms with Gasteiger partial charge in [-0.05, 0) is 0 Å². The van der Waals surface area contributed by atoms with E-state index in [1.54, 1.807) is 7.05 Å². The zero-order valence-electron chi connectivity index (χ0n) is 6.27. The Morgan fingerprint density at radius 3 is 3.17 bits per heavy atom. The lowest BCUT2D eigenvalue weighted by Gasteiger charge is -2.13. The summed E-state index contributed by atoms with van der Waals surface area (Å²) in [5.41, 5.74) is -0.531. The third kappa shape index (κ3) is 0.832. The molecule has 7 heteroatoms. The van der Waals surface area contributed by atoms with Crippen LogP contribution in [0.1, 0.15) is 0 Å². The monoisotopic (exact) mass is 169 g/mol. The largest absolute Gasteiger partial charge is 0.363 e. The molecule has 0 radical (unpaired) electrons. The van der Waals surface area contributed by atoms with E-state index in [2.05, 4.69) is 20.5 Å². The van der Waals surface area contributed by atoms with Gasteiger partial charge in [0.05, 0.1) is 0 Å². The van der Waals surface area contributed by atoms with Crippen molar-refractivity contribution in [3.8, 4) is 0 Å². The summed E-state index contributed by atoms with van der Waals surface area (Å²) in [6.07, 6.45) is -0.866. The quantitative estimate of drug-likeness (QED) is 0.428. The third-order valence-corrected chi connectivity index (χ3v) is 1.65. The zero-order chi connectivity index (χ0) is 8.72. The highest BCUT2D eigenvalue weighted by atomic mass is 16.3. The fourth-order valence-corrected chi connectivity index (χ4v) is 1.01. The molecule has 12 heavy (non-hydrogen) atoms. The highest BCUT2D eigenvalue weighted by Gasteiger charge is 2.26. The van der Waals surface area contributed by atoms with Crippen LogP contribution in [0.5, 0.6) is 0 Å². The van der Waals surface area contributed by atoms with Gasteiger partial charge < -0.3 is 15.3 Å². The van der Waals surface area contributed by atoms with Crippen LogP contribution in [-0.2, 0) is 0 Å². The van der Waals surface area contributed by atoms with Crippen molar-refractivity contribution in [3.05, 3.63) is 10.5 Å². The first-order chi connectivity index (χ1) is 5.68. The van der Waals surface area contributed by atoms with E-state index >= 15 is 0 Å². The van der Waals surface area contributed by atoms with E-state index in [0.29, 0.717) is 11.6 Å². The predicted octanol–water partition coefficient (Wildman–Crippen LogP) is -1.70. The number of nitrogens with zero attached hydrogens (tertiary/aromatic N) is 3. The van der Waals surface area contributed by atoms with Gasteiger partial charge >= 0.3 is 5.69 Å². The van der Waals surface area contributed by atoms with Gasteiger partial charge in [0.15, 0.2) is 11.6 Å². The number of aromatic amines is 1. The molecule has 0 saturated carbocycles. The summed E-state index contributed by atoms with van der Waals surface area (Å²) in [5, 5.41) is 17.6. The molecule has 7 nitrogen and oxygen atoms in total. The number of rotatable bonds is 0. The van der Waals surface area contributed by atoms with Gasteiger partial charge in [-0.3, -0.25) is 0 Å². The summed E-state index contributed by atoms with van der Waals surface area (Å²) in [6, 6.07) is 0. The molecule has 3 N–H and O–H groups in total. The van der Waals surface area contributed by atoms with E-state index in [0.717, 1.165) is 0 Å². The molecule has 1 aliphatic rings. The predicted molar refractivity (Wildman–Crippen MR) is 40.7 cm³/mol. The van der Waals surface area contributed by atoms with Crippen molar-refractivity contribution >= 4 is 11.6 Å². The Morgan fingerprint density at radius 2 is 2.42 bits per heavy atom. The van der Waals surface area contributed by atoms with Crippen LogP contribution >= 0.6 is 0 Å². The maximum absolute atomic E-state index is 10.7. The molecule has 2 heterocycles. The Hall–Kier alpha value is -1.63. The third-order valence-electron chi connectivity index (χ3n) is 1.65. The maximum Gasteiger partial charge on any atom is 0.363 e. The highest BCUT2D eigenvalue weighted by molar-refractivity contribution is 5.65. The van der Waals surface area contributed by atoms with E-state index < -0.39 is 12.0 Å². The fourth-order valence-electron chi connectivity index (χ4n) is 1.01. The van der Waals surface area contributed by atoms with Crippen molar-refractivity contribution in [2.24, 2.45) is 0 Å². The molecule has 1 unspecified atom stereocenters. The number of aromatic nitrogens is 3. The van der Waals surface area contributed by atoms with Crippen LogP contribution in [0.15, 0.2) is 4.79 Å². The average Bonchev–Trinajstić information content (AvgIpc) is 2.31. The second kappa shape index (κ2) is 2.18. The number of fused-ring (bicyclic) bond motifs is 1. The van der Waals surface area contributed by atoms with E-state index in [1.807, 2.05) is 0 Å². The standard InChI is InChI=1S/C5H7N5O2/c1-10-3-2(6-5(10)12)8-9-4(11)7-3/h5,12H,1H3,(H,6,8)(H,7,9,11). The minimum Gasteiger partial charge on any atom is -0.356 e. The molecular weight excluding hydrogens is 162 g/mol. The van der Waals surface area contributed by atoms with Gasteiger partial charge in [-0.1, -0.05) is 0 Å². The van der Waals surface area contributed by atoms with E-state index in [-0.39, 0.29) is 0 Å². The average molecular weight is 169 g/mol. The first-order valence-electron chi connectivity index (χ1n) is 3.32. The number of hydrogen-bond donors (Lipinski definition) is 3. The number of aliphatic hydroxyl groups is 1. The van der Waals surface area contributed by atoms with E-state index in [9.17, 15) is 9.90 Å². The fraction of sp³-hybridized carbons (Fsp3) is 0.400. The molecule has 0 aliphatic carbocycles. The van der Waals surface area contributed by atoms with Crippen molar-refractivity contribution in [2.75, 3.05) is 17.3 Å². The van der Waals surface area contributed by atoms with Crippen molar-refractivity contribution in [1.29, 1.82) is 0 Å². The van der Waals surface area contributed by atoms with Crippen LogP contribution in [0, 0.1) is 0 Å². The summed E-state index contributed by atoms with van der Waals surface area (Å²) in [7, 11) is 1.61. The Bertz CT molecular complexity index is 361. The van der Waals surface area contributed by atoms with Crippen LogP contribution in [0.25, 0.3) is 0 Å². The summed E-state index contributed by atoms with van der Waals surface area (Å²) in [4.78, 5) is 15.7. The molecule has 1 aliphatic heterocycles. The molecule has 0 saturated heterocycles. The normalized spacial score (nSPS) is 20.5. The Kier molecular flexibility index (Phi) is 1.28. The lowest BCUT2D eigenvalue weighted by Crippen LogP contribution is -2.32. The van der Waals surface area contributed by atoms with Crippen LogP contribution in [-0.4, -0.2) is 33.7 Å². The number of nitrogens with one attached hydrogen (secondary N) is 2. The second-order valence-electron chi connectivity index (χ2n) is 2.44. The molecule has 1 atom stereocenters. The van der Waals surface area contributed by atoms with Crippen LogP contribution in [0.3, 0.4) is 0 Å². The Balaban J connectivity index is 2.55. The molecule has 0 fully saturated rings. The van der Waals surface area contributed by atoms with Crippen LogP contribution < -0.4 is 15.9 Å². The van der Waals surface area contributed by atoms with Crippen molar-refractivity contribution in [2.45, 2.75) is 6.35 Å². The first-order valence-corrected chi connectivity index (χ1v) is 3.32. The molecule has 2 rings (SSSR count). The summed E-state index contributed by atoms with van der Waals surface area (Å²) >= 11 is 0. The van der Waals surface area contributed by atoms with Crippen molar-refractivity contribution < 1.29 is 5.11 Å². The van der Waals surface area contributed by atoms with Gasteiger partial charge in [-0.2, -0.15) is 4.98 Å². The first kappa shape index (κ1) is 7.04. The van der Waals surface area contributed by atoms with Gasteiger partial charge in [0.25, 0.3) is 0 Å². The zero-order valence-corrected chi connectivity index (χ0v) is 6.27. The number of anilines is 2. The molecule has 1 aromatic heterocycles. The van der Waals surface area contributed by atoms with E-state index in [4.69, 9.17) is 0 Å². The maximum atomic E-state index is 10.7. The van der Waals surface area contributed by atoms with Crippen molar-refractivity contribution in [1.82, 2.24) is 15.2 Å². The highest BCUT2D eigenvalue weighted by Crippen LogP contribution is 2.25. The minimum atomic E-state index is -0.866. The number of H-pyrrole nitrogens is 1. The Labute approximate surface area is 67.0 Å². The SMILES string of the molecule is CN1c2nc(=O)[nH]nc2NC1O. The molecule has 0 spiro atoms. The molecule has 1 aromatic rings. The Morgan fingerprint density at radius 1 is 1.67 bits per heavy atom. The topological polar surface area (TPSA) is 94.1 Å². The van der Waals surface area contributed by atoms with Gasteiger partial charge in [0.2, 0.25) is 6.35 Å². The molecule has 0 aromatic carbocycles. The second-order valence-corrected chi connectivity index (χ2v) is 2.44. The van der Waals surface area contributed by atoms with Gasteiger partial charge in [0, 0.05) is 7.05 Å². The summed E-state index contributed by atoms with van der Waals surface area (Å²) < 4.78 is 0. The number of hydrogen-bond acceptors (Lipinski definition) is 6. The molecule has 64 valence electrons. The lowest BCUT2D eigenvalue weighted by molar-refractivity contribution is 0.210.